The maximum absolute atomic E-state index is 12.8. The molecule has 0 spiro atoms. The molecule has 0 saturated carbocycles. The molecule has 1 aliphatic rings. The van der Waals surface area contributed by atoms with Crippen molar-refractivity contribution in [2.75, 3.05) is 38.0 Å². The smallest absolute Gasteiger partial charge is 0.226 e. The van der Waals surface area contributed by atoms with Crippen LogP contribution in [0, 0.1) is 12.8 Å². The topological polar surface area (TPSA) is 101 Å². The molecule has 1 aromatic carbocycles. The second-order valence-corrected chi connectivity index (χ2v) is 9.93. The van der Waals surface area contributed by atoms with Crippen LogP contribution in [0.5, 0.6) is 0 Å². The zero-order valence-electron chi connectivity index (χ0n) is 18.0. The molecule has 0 aliphatic carbocycles. The van der Waals surface area contributed by atoms with E-state index in [4.69, 9.17) is 4.74 Å². The monoisotopic (exact) mass is 434 g/mol. The van der Waals surface area contributed by atoms with Gasteiger partial charge < -0.3 is 15.0 Å². The van der Waals surface area contributed by atoms with Gasteiger partial charge in [0.25, 0.3) is 0 Å². The maximum Gasteiger partial charge on any atom is 0.226 e. The van der Waals surface area contributed by atoms with E-state index in [1.807, 2.05) is 18.7 Å². The number of rotatable bonds is 7. The van der Waals surface area contributed by atoms with Crippen molar-refractivity contribution in [3.05, 3.63) is 23.9 Å². The molecule has 164 valence electrons. The van der Waals surface area contributed by atoms with Crippen molar-refractivity contribution in [1.29, 1.82) is 0 Å². The second kappa shape index (κ2) is 9.26. The summed E-state index contributed by atoms with van der Waals surface area (Å²) in [6.45, 7) is 5.70. The first kappa shape index (κ1) is 22.4. The normalized spacial score (nSPS) is 18.4. The van der Waals surface area contributed by atoms with Crippen molar-refractivity contribution < 1.29 is 17.9 Å². The Bertz CT molecular complexity index is 1030. The molecule has 30 heavy (non-hydrogen) atoms. The van der Waals surface area contributed by atoms with Crippen LogP contribution in [0.15, 0.2) is 23.1 Å². The molecule has 1 aliphatic heterocycles. The Hall–Kier alpha value is -2.26. The van der Waals surface area contributed by atoms with Crippen LogP contribution in [0.4, 0.5) is 5.95 Å². The predicted octanol–water partition coefficient (Wildman–Crippen LogP) is 2.10. The molecule has 0 radical (unpaired) electrons. The number of aryl methyl sites for hydroxylation is 1. The van der Waals surface area contributed by atoms with Gasteiger partial charge in [0.15, 0.2) is 9.84 Å². The molecule has 2 aromatic rings. The molecule has 2 heterocycles. The van der Waals surface area contributed by atoms with Crippen molar-refractivity contribution in [3.63, 3.8) is 0 Å². The number of carbonyl (C=O) groups is 1. The maximum atomic E-state index is 12.8. The van der Waals surface area contributed by atoms with Gasteiger partial charge in [0.2, 0.25) is 11.9 Å². The second-order valence-electron chi connectivity index (χ2n) is 7.91. The average molecular weight is 435 g/mol. The molecule has 9 heteroatoms. The number of hydrogen-bond acceptors (Lipinski definition) is 7. The summed E-state index contributed by atoms with van der Waals surface area (Å²) in [5, 5.41) is 3.90. The molecule has 8 nitrogen and oxygen atoms in total. The molecule has 1 saturated heterocycles. The molecular weight excluding hydrogens is 404 g/mol. The first-order chi connectivity index (χ1) is 14.2. The molecule has 1 N–H and O–H groups in total. The highest BCUT2D eigenvalue weighted by Crippen LogP contribution is 2.25. The minimum absolute atomic E-state index is 0.00598. The minimum atomic E-state index is -3.32. The number of carbonyl (C=O) groups excluding carboxylic acids is 1. The number of methoxy groups -OCH3 is 1. The summed E-state index contributed by atoms with van der Waals surface area (Å²) < 4.78 is 29.0. The molecule has 0 unspecified atom stereocenters. The van der Waals surface area contributed by atoms with E-state index in [2.05, 4.69) is 15.3 Å². The molecule has 0 bridgehead atoms. The number of nitrogens with one attached hydrogen (secondary N) is 1. The lowest BCUT2D eigenvalue weighted by molar-refractivity contribution is -0.126. The van der Waals surface area contributed by atoms with Gasteiger partial charge in [-0.15, -0.1) is 0 Å². The molecule has 1 fully saturated rings. The number of ether oxygens (including phenoxy) is 1. The largest absolute Gasteiger partial charge is 0.383 e. The van der Waals surface area contributed by atoms with Crippen LogP contribution in [0.1, 0.15) is 31.9 Å². The van der Waals surface area contributed by atoms with Crippen LogP contribution >= 0.6 is 0 Å². The lowest BCUT2D eigenvalue weighted by Gasteiger charge is -2.33. The van der Waals surface area contributed by atoms with E-state index in [-0.39, 0.29) is 22.8 Å². The lowest BCUT2D eigenvalue weighted by atomic mass is 9.97. The number of amides is 1. The highest BCUT2D eigenvalue weighted by Gasteiger charge is 2.28. The third kappa shape index (κ3) is 5.07. The summed E-state index contributed by atoms with van der Waals surface area (Å²) in [7, 11) is -1.69. The van der Waals surface area contributed by atoms with Crippen LogP contribution in [-0.4, -0.2) is 63.4 Å². The summed E-state index contributed by atoms with van der Waals surface area (Å²) in [5.41, 5.74) is 1.38. The molecule has 1 amide bonds. The summed E-state index contributed by atoms with van der Waals surface area (Å²) in [5.74, 6) is 0.416. The SMILES string of the molecule is CC[C@@H](COC)NC(=O)[C@H]1CCCN(c2nc(C)c3ccc(S(C)(=O)=O)cc3n2)C1. The Morgan fingerprint density at radius 2 is 2.13 bits per heavy atom. The zero-order valence-corrected chi connectivity index (χ0v) is 18.8. The number of nitrogens with zero attached hydrogens (tertiary/aromatic N) is 3. The van der Waals surface area contributed by atoms with Gasteiger partial charge in [-0.2, -0.15) is 0 Å². The number of aromatic nitrogens is 2. The van der Waals surface area contributed by atoms with Gasteiger partial charge >= 0.3 is 0 Å². The minimum Gasteiger partial charge on any atom is -0.383 e. The van der Waals surface area contributed by atoms with Gasteiger partial charge in [-0.25, -0.2) is 18.4 Å². The number of fused-ring (bicyclic) bond motifs is 1. The molecule has 2 atom stereocenters. The summed E-state index contributed by atoms with van der Waals surface area (Å²) in [4.78, 5) is 24.3. The van der Waals surface area contributed by atoms with Crippen molar-refractivity contribution >= 4 is 32.6 Å². The lowest BCUT2D eigenvalue weighted by Crippen LogP contribution is -2.47. The predicted molar refractivity (Wildman–Crippen MR) is 116 cm³/mol. The number of benzene rings is 1. The Morgan fingerprint density at radius 3 is 2.80 bits per heavy atom. The van der Waals surface area contributed by atoms with Crippen LogP contribution in [0.25, 0.3) is 10.9 Å². The van der Waals surface area contributed by atoms with Gasteiger partial charge in [0.05, 0.1) is 34.7 Å². The van der Waals surface area contributed by atoms with Crippen molar-refractivity contribution in [3.8, 4) is 0 Å². The van der Waals surface area contributed by atoms with E-state index in [1.54, 1.807) is 25.3 Å². The van der Waals surface area contributed by atoms with E-state index in [1.165, 1.54) is 6.26 Å². The highest BCUT2D eigenvalue weighted by molar-refractivity contribution is 7.90. The van der Waals surface area contributed by atoms with E-state index in [0.29, 0.717) is 24.6 Å². The van der Waals surface area contributed by atoms with E-state index >= 15 is 0 Å². The van der Waals surface area contributed by atoms with Crippen LogP contribution in [0.2, 0.25) is 0 Å². The number of sulfone groups is 1. The molecule has 1 aromatic heterocycles. The summed E-state index contributed by atoms with van der Waals surface area (Å²) in [6, 6.07) is 4.93. The van der Waals surface area contributed by atoms with E-state index in [9.17, 15) is 13.2 Å². The van der Waals surface area contributed by atoms with E-state index in [0.717, 1.165) is 36.9 Å². The third-order valence-corrected chi connectivity index (χ3v) is 6.67. The average Bonchev–Trinajstić information content (AvgIpc) is 2.72. The third-order valence-electron chi connectivity index (χ3n) is 5.56. The fourth-order valence-electron chi connectivity index (χ4n) is 3.78. The fraction of sp³-hybridized carbons (Fsp3) is 0.571. The van der Waals surface area contributed by atoms with Crippen LogP contribution < -0.4 is 10.2 Å². The van der Waals surface area contributed by atoms with Crippen LogP contribution in [-0.2, 0) is 19.4 Å². The van der Waals surface area contributed by atoms with Crippen LogP contribution in [0.3, 0.4) is 0 Å². The van der Waals surface area contributed by atoms with E-state index < -0.39 is 9.84 Å². The standard InChI is InChI=1S/C21H30N4O4S/c1-5-16(13-29-3)23-20(26)15-7-6-10-25(12-15)21-22-14(2)18-9-8-17(30(4,27)28)11-19(18)24-21/h8-9,11,15-16H,5-7,10,12-13H2,1-4H3,(H,23,26)/t15-,16-/m0/s1. The number of anilines is 1. The Kier molecular flexibility index (Phi) is 6.92. The van der Waals surface area contributed by atoms with Gasteiger partial charge in [0, 0.05) is 31.8 Å². The molecular formula is C21H30N4O4S. The molecule has 3 rings (SSSR count). The summed E-state index contributed by atoms with van der Waals surface area (Å²) in [6.07, 6.45) is 3.68. The van der Waals surface area contributed by atoms with Crippen molar-refractivity contribution in [1.82, 2.24) is 15.3 Å². The van der Waals surface area contributed by atoms with Crippen molar-refractivity contribution in [2.45, 2.75) is 44.0 Å². The number of piperidine rings is 1. The first-order valence-corrected chi connectivity index (χ1v) is 12.1. The van der Waals surface area contributed by atoms with Gasteiger partial charge in [-0.1, -0.05) is 6.92 Å². The highest BCUT2D eigenvalue weighted by atomic mass is 32.2. The summed E-state index contributed by atoms with van der Waals surface area (Å²) >= 11 is 0. The fourth-order valence-corrected chi connectivity index (χ4v) is 4.42. The van der Waals surface area contributed by atoms with Gasteiger partial charge in [-0.05, 0) is 44.4 Å². The number of hydrogen-bond donors (Lipinski definition) is 1. The quantitative estimate of drug-likeness (QED) is 0.712. The Labute approximate surface area is 178 Å². The Morgan fingerprint density at radius 1 is 1.37 bits per heavy atom. The Balaban J connectivity index is 1.83. The first-order valence-electron chi connectivity index (χ1n) is 10.3. The van der Waals surface area contributed by atoms with Crippen molar-refractivity contribution in [2.24, 2.45) is 5.92 Å². The van der Waals surface area contributed by atoms with Gasteiger partial charge in [-0.3, -0.25) is 4.79 Å². The van der Waals surface area contributed by atoms with Gasteiger partial charge in [0.1, 0.15) is 0 Å². The zero-order chi connectivity index (χ0) is 21.9.